The number of halogens is 2. The molecule has 3 N–H and O–H groups in total. The van der Waals surface area contributed by atoms with Crippen LogP contribution in [0.5, 0.6) is 5.75 Å². The number of rotatable bonds is 5. The van der Waals surface area contributed by atoms with E-state index < -0.39 is 0 Å². The van der Waals surface area contributed by atoms with Gasteiger partial charge in [0.25, 0.3) is 0 Å². The van der Waals surface area contributed by atoms with Crippen LogP contribution in [0.3, 0.4) is 0 Å². The Kier molecular flexibility index (Phi) is 6.32. The van der Waals surface area contributed by atoms with Crippen LogP contribution in [-0.2, 0) is 17.8 Å². The summed E-state index contributed by atoms with van der Waals surface area (Å²) in [4.78, 5) is 18.7. The first kappa shape index (κ1) is 21.4. The fourth-order valence-electron chi connectivity index (χ4n) is 3.81. The lowest BCUT2D eigenvalue weighted by atomic mass is 9.91. The second-order valence-corrected chi connectivity index (χ2v) is 8.16. The Morgan fingerprint density at radius 2 is 2.03 bits per heavy atom. The van der Waals surface area contributed by atoms with Gasteiger partial charge in [0, 0.05) is 18.7 Å². The van der Waals surface area contributed by atoms with E-state index in [1.807, 2.05) is 24.3 Å². The van der Waals surface area contributed by atoms with Crippen LogP contribution in [0.25, 0.3) is 11.1 Å². The number of nitrogens with zero attached hydrogens (tertiary/aromatic N) is 2. The van der Waals surface area contributed by atoms with Crippen molar-refractivity contribution in [2.24, 2.45) is 0 Å². The Bertz CT molecular complexity index is 1140. The summed E-state index contributed by atoms with van der Waals surface area (Å²) < 4.78 is 5.27. The maximum Gasteiger partial charge on any atom is 0.238 e. The Hall–Kier alpha value is -2.80. The monoisotopic (exact) mass is 456 g/mol. The highest BCUT2D eigenvalue weighted by Gasteiger charge is 2.22. The molecule has 0 saturated heterocycles. The molecule has 6 nitrogen and oxygen atoms in total. The maximum atomic E-state index is 12.6. The zero-order valence-corrected chi connectivity index (χ0v) is 18.5. The number of carbonyl (C=O) groups excluding carboxylic acids is 1. The van der Waals surface area contributed by atoms with E-state index in [9.17, 15) is 4.79 Å². The van der Waals surface area contributed by atoms with Crippen LogP contribution in [0.2, 0.25) is 10.2 Å². The van der Waals surface area contributed by atoms with Gasteiger partial charge in [0.15, 0.2) is 0 Å². The topological polar surface area (TPSA) is 80.5 Å². The van der Waals surface area contributed by atoms with E-state index in [0.717, 1.165) is 24.1 Å². The van der Waals surface area contributed by atoms with Crippen molar-refractivity contribution >= 4 is 40.6 Å². The standard InChI is InChI=1S/C23H22Cl2N4O2/c1-31-15-5-6-17(19(24)11-15)16-4-2-3-14-9-10-29(12-18(14)16)13-22(30)27-20-7-8-21(25)28-23(20)26/h2-8,11H,9-10,12-13H2,1H3,(H2,26,28)(H,27,30). The van der Waals surface area contributed by atoms with Crippen LogP contribution in [0.4, 0.5) is 11.5 Å². The molecule has 31 heavy (non-hydrogen) atoms. The predicted molar refractivity (Wildman–Crippen MR) is 125 cm³/mol. The van der Waals surface area contributed by atoms with Crippen LogP contribution in [0.1, 0.15) is 11.1 Å². The van der Waals surface area contributed by atoms with Gasteiger partial charge < -0.3 is 15.8 Å². The number of nitrogens with one attached hydrogen (secondary N) is 1. The largest absolute Gasteiger partial charge is 0.497 e. The molecule has 3 aromatic rings. The number of methoxy groups -OCH3 is 1. The van der Waals surface area contributed by atoms with Crippen molar-refractivity contribution in [3.8, 4) is 16.9 Å². The first-order valence-electron chi connectivity index (χ1n) is 9.83. The number of nitrogens with two attached hydrogens (primary N) is 1. The van der Waals surface area contributed by atoms with Gasteiger partial charge >= 0.3 is 0 Å². The molecule has 0 bridgehead atoms. The van der Waals surface area contributed by atoms with Crippen molar-refractivity contribution in [3.05, 3.63) is 69.8 Å². The van der Waals surface area contributed by atoms with Crippen LogP contribution >= 0.6 is 23.2 Å². The zero-order valence-electron chi connectivity index (χ0n) is 17.0. The molecule has 8 heteroatoms. The van der Waals surface area contributed by atoms with Crippen molar-refractivity contribution in [1.82, 2.24) is 9.88 Å². The number of carbonyl (C=O) groups is 1. The highest BCUT2D eigenvalue weighted by atomic mass is 35.5. The Balaban J connectivity index is 1.52. The third kappa shape index (κ3) is 4.77. The van der Waals surface area contributed by atoms with Crippen LogP contribution in [-0.4, -0.2) is 36.0 Å². The summed E-state index contributed by atoms with van der Waals surface area (Å²) in [6, 6.07) is 15.2. The highest BCUT2D eigenvalue weighted by molar-refractivity contribution is 6.33. The Morgan fingerprint density at radius 3 is 2.77 bits per heavy atom. The minimum Gasteiger partial charge on any atom is -0.497 e. The first-order valence-corrected chi connectivity index (χ1v) is 10.6. The van der Waals surface area contributed by atoms with E-state index in [1.54, 1.807) is 19.2 Å². The number of amides is 1. The average Bonchev–Trinajstić information content (AvgIpc) is 2.75. The normalized spacial score (nSPS) is 13.5. The number of pyridine rings is 1. The van der Waals surface area contributed by atoms with Crippen molar-refractivity contribution in [3.63, 3.8) is 0 Å². The molecule has 1 aromatic heterocycles. The lowest BCUT2D eigenvalue weighted by molar-refractivity contribution is -0.117. The van der Waals surface area contributed by atoms with Crippen molar-refractivity contribution in [2.45, 2.75) is 13.0 Å². The number of hydrogen-bond donors (Lipinski definition) is 2. The first-order chi connectivity index (χ1) is 14.9. The van der Waals surface area contributed by atoms with Crippen molar-refractivity contribution in [1.29, 1.82) is 0 Å². The van der Waals surface area contributed by atoms with Gasteiger partial charge in [-0.1, -0.05) is 41.4 Å². The molecule has 0 spiro atoms. The summed E-state index contributed by atoms with van der Waals surface area (Å²) in [7, 11) is 1.62. The van der Waals surface area contributed by atoms with E-state index in [4.69, 9.17) is 33.7 Å². The summed E-state index contributed by atoms with van der Waals surface area (Å²) in [6.07, 6.45) is 0.856. The molecule has 0 aliphatic carbocycles. The van der Waals surface area contributed by atoms with Gasteiger partial charge in [-0.2, -0.15) is 0 Å². The van der Waals surface area contributed by atoms with Gasteiger partial charge in [-0.3, -0.25) is 9.69 Å². The van der Waals surface area contributed by atoms with Gasteiger partial charge in [0.1, 0.15) is 16.7 Å². The van der Waals surface area contributed by atoms with Gasteiger partial charge in [0.05, 0.1) is 24.4 Å². The minimum atomic E-state index is -0.153. The number of fused-ring (bicyclic) bond motifs is 1. The summed E-state index contributed by atoms with van der Waals surface area (Å²) in [5.74, 6) is 0.758. The van der Waals surface area contributed by atoms with E-state index in [0.29, 0.717) is 23.0 Å². The highest BCUT2D eigenvalue weighted by Crippen LogP contribution is 2.36. The van der Waals surface area contributed by atoms with Gasteiger partial charge in [-0.25, -0.2) is 4.98 Å². The molecule has 0 unspecified atom stereocenters. The van der Waals surface area contributed by atoms with Crippen LogP contribution in [0.15, 0.2) is 48.5 Å². The molecule has 0 atom stereocenters. The number of anilines is 2. The molecule has 160 valence electrons. The quantitative estimate of drug-likeness (QED) is 0.546. The minimum absolute atomic E-state index is 0.153. The van der Waals surface area contributed by atoms with Crippen molar-refractivity contribution in [2.75, 3.05) is 31.2 Å². The van der Waals surface area contributed by atoms with Gasteiger partial charge in [-0.05, 0) is 53.4 Å². The molecule has 2 aromatic carbocycles. The maximum absolute atomic E-state index is 12.6. The summed E-state index contributed by atoms with van der Waals surface area (Å²) >= 11 is 12.4. The average molecular weight is 457 g/mol. The molecule has 1 amide bonds. The number of aromatic nitrogens is 1. The summed E-state index contributed by atoms with van der Waals surface area (Å²) in [5.41, 5.74) is 10.8. The second-order valence-electron chi connectivity index (χ2n) is 7.36. The van der Waals surface area contributed by atoms with Crippen LogP contribution < -0.4 is 15.8 Å². The Labute approximate surface area is 190 Å². The van der Waals surface area contributed by atoms with E-state index in [2.05, 4.69) is 27.3 Å². The smallest absolute Gasteiger partial charge is 0.238 e. The molecule has 0 fully saturated rings. The lowest BCUT2D eigenvalue weighted by Crippen LogP contribution is -2.37. The molecular weight excluding hydrogens is 435 g/mol. The SMILES string of the molecule is COc1ccc(-c2cccc3c2CN(CC(=O)Nc2ccc(Cl)nc2N)CC3)c(Cl)c1. The predicted octanol–water partition coefficient (Wildman–Crippen LogP) is 4.64. The number of nitrogen functional groups attached to an aromatic ring is 1. The molecule has 4 rings (SSSR count). The summed E-state index contributed by atoms with van der Waals surface area (Å²) in [5, 5.41) is 3.73. The molecule has 0 saturated carbocycles. The third-order valence-corrected chi connectivity index (χ3v) is 5.87. The number of benzene rings is 2. The lowest BCUT2D eigenvalue weighted by Gasteiger charge is -2.30. The Morgan fingerprint density at radius 1 is 1.19 bits per heavy atom. The zero-order chi connectivity index (χ0) is 22.0. The van der Waals surface area contributed by atoms with E-state index in [1.165, 1.54) is 11.1 Å². The molecule has 2 heterocycles. The molecule has 1 aliphatic rings. The van der Waals surface area contributed by atoms with E-state index in [-0.39, 0.29) is 23.4 Å². The van der Waals surface area contributed by atoms with Gasteiger partial charge in [-0.15, -0.1) is 0 Å². The second kappa shape index (κ2) is 9.14. The fourth-order valence-corrected chi connectivity index (χ4v) is 4.24. The van der Waals surface area contributed by atoms with Crippen molar-refractivity contribution < 1.29 is 9.53 Å². The number of hydrogen-bond acceptors (Lipinski definition) is 5. The molecular formula is C23H22Cl2N4O2. The van der Waals surface area contributed by atoms with Gasteiger partial charge in [0.2, 0.25) is 5.91 Å². The number of ether oxygens (including phenoxy) is 1. The fraction of sp³-hybridized carbons (Fsp3) is 0.217. The summed E-state index contributed by atoms with van der Waals surface area (Å²) in [6.45, 7) is 1.68. The van der Waals surface area contributed by atoms with Crippen LogP contribution in [0, 0.1) is 0 Å². The third-order valence-electron chi connectivity index (χ3n) is 5.35. The molecule has 1 aliphatic heterocycles. The van der Waals surface area contributed by atoms with E-state index >= 15 is 0 Å². The molecule has 0 radical (unpaired) electrons.